The van der Waals surface area contributed by atoms with E-state index in [2.05, 4.69) is 44.0 Å². The SMILES string of the molecule is CCC.Cc1cccc2cnccc12. The molecule has 0 aliphatic rings. The van der Waals surface area contributed by atoms with Gasteiger partial charge in [-0.2, -0.15) is 0 Å². The molecular formula is C13H17N. The maximum absolute atomic E-state index is 4.05. The summed E-state index contributed by atoms with van der Waals surface area (Å²) >= 11 is 0. The Morgan fingerprint density at radius 3 is 2.50 bits per heavy atom. The lowest BCUT2D eigenvalue weighted by Crippen LogP contribution is -1.77. The first-order valence-corrected chi connectivity index (χ1v) is 5.09. The van der Waals surface area contributed by atoms with Crippen LogP contribution in [0.4, 0.5) is 0 Å². The molecule has 1 aromatic heterocycles. The second kappa shape index (κ2) is 5.38. The van der Waals surface area contributed by atoms with Crippen LogP contribution in [0.15, 0.2) is 36.7 Å². The van der Waals surface area contributed by atoms with E-state index in [1.54, 1.807) is 0 Å². The molecule has 2 aromatic rings. The zero-order valence-corrected chi connectivity index (χ0v) is 9.12. The van der Waals surface area contributed by atoms with Crippen LogP contribution in [0.2, 0.25) is 0 Å². The Bertz CT molecular complexity index is 388. The number of rotatable bonds is 0. The van der Waals surface area contributed by atoms with Gasteiger partial charge in [0.1, 0.15) is 0 Å². The van der Waals surface area contributed by atoms with E-state index in [0.29, 0.717) is 0 Å². The molecule has 0 spiro atoms. The van der Waals surface area contributed by atoms with Crippen molar-refractivity contribution in [3.63, 3.8) is 0 Å². The highest BCUT2D eigenvalue weighted by atomic mass is 14.6. The molecule has 0 N–H and O–H groups in total. The molecule has 0 aliphatic carbocycles. The van der Waals surface area contributed by atoms with Crippen LogP contribution in [-0.2, 0) is 0 Å². The average Bonchev–Trinajstić information content (AvgIpc) is 2.20. The minimum absolute atomic E-state index is 1.22. The van der Waals surface area contributed by atoms with Gasteiger partial charge in [0.15, 0.2) is 0 Å². The van der Waals surface area contributed by atoms with Crippen LogP contribution in [0, 0.1) is 6.92 Å². The summed E-state index contributed by atoms with van der Waals surface area (Å²) in [7, 11) is 0. The zero-order chi connectivity index (χ0) is 10.4. The lowest BCUT2D eigenvalue weighted by atomic mass is 10.1. The van der Waals surface area contributed by atoms with Gasteiger partial charge in [0.2, 0.25) is 0 Å². The summed E-state index contributed by atoms with van der Waals surface area (Å²) in [4.78, 5) is 4.05. The normalized spacial score (nSPS) is 9.36. The van der Waals surface area contributed by atoms with Crippen molar-refractivity contribution in [2.24, 2.45) is 0 Å². The van der Waals surface area contributed by atoms with Crippen molar-refractivity contribution in [1.29, 1.82) is 0 Å². The summed E-state index contributed by atoms with van der Waals surface area (Å²) in [6, 6.07) is 8.29. The minimum Gasteiger partial charge on any atom is -0.264 e. The van der Waals surface area contributed by atoms with Gasteiger partial charge in [0.25, 0.3) is 0 Å². The van der Waals surface area contributed by atoms with Gasteiger partial charge in [-0.25, -0.2) is 0 Å². The summed E-state index contributed by atoms with van der Waals surface area (Å²) < 4.78 is 0. The standard InChI is InChI=1S/C10H9N.C3H8/c1-8-3-2-4-9-7-11-6-5-10(8)9;1-3-2/h2-7H,1H3;3H2,1-2H3. The third kappa shape index (κ3) is 2.56. The molecule has 0 radical (unpaired) electrons. The summed E-state index contributed by atoms with van der Waals surface area (Å²) in [6.45, 7) is 6.36. The molecule has 0 saturated heterocycles. The van der Waals surface area contributed by atoms with Crippen molar-refractivity contribution in [3.05, 3.63) is 42.2 Å². The summed E-state index contributed by atoms with van der Waals surface area (Å²) in [5.41, 5.74) is 1.31. The number of pyridine rings is 1. The van der Waals surface area contributed by atoms with Gasteiger partial charge in [0.05, 0.1) is 0 Å². The molecule has 0 atom stereocenters. The summed E-state index contributed by atoms with van der Waals surface area (Å²) in [5.74, 6) is 0. The van der Waals surface area contributed by atoms with E-state index in [0.717, 1.165) is 0 Å². The molecule has 1 heterocycles. The second-order valence-corrected chi connectivity index (χ2v) is 3.38. The number of hydrogen-bond donors (Lipinski definition) is 0. The van der Waals surface area contributed by atoms with E-state index >= 15 is 0 Å². The molecule has 0 aliphatic heterocycles. The van der Waals surface area contributed by atoms with Crippen molar-refractivity contribution in [1.82, 2.24) is 4.98 Å². The molecule has 1 nitrogen and oxygen atoms in total. The van der Waals surface area contributed by atoms with E-state index < -0.39 is 0 Å². The van der Waals surface area contributed by atoms with Gasteiger partial charge in [-0.05, 0) is 23.9 Å². The maximum Gasteiger partial charge on any atom is 0.0346 e. The maximum atomic E-state index is 4.05. The van der Waals surface area contributed by atoms with Crippen LogP contribution in [0.25, 0.3) is 10.8 Å². The van der Waals surface area contributed by atoms with Gasteiger partial charge < -0.3 is 0 Å². The average molecular weight is 187 g/mol. The second-order valence-electron chi connectivity index (χ2n) is 3.38. The van der Waals surface area contributed by atoms with Gasteiger partial charge in [-0.3, -0.25) is 4.98 Å². The van der Waals surface area contributed by atoms with Crippen LogP contribution in [0.1, 0.15) is 25.8 Å². The Labute approximate surface area is 85.8 Å². The van der Waals surface area contributed by atoms with Gasteiger partial charge in [0, 0.05) is 17.8 Å². The molecule has 2 rings (SSSR count). The van der Waals surface area contributed by atoms with Crippen LogP contribution in [0.5, 0.6) is 0 Å². The summed E-state index contributed by atoms with van der Waals surface area (Å²) in [5, 5.41) is 2.51. The fourth-order valence-corrected chi connectivity index (χ4v) is 1.28. The molecular weight excluding hydrogens is 170 g/mol. The van der Waals surface area contributed by atoms with Gasteiger partial charge >= 0.3 is 0 Å². The third-order valence-corrected chi connectivity index (χ3v) is 1.90. The van der Waals surface area contributed by atoms with E-state index in [4.69, 9.17) is 0 Å². The monoisotopic (exact) mass is 187 g/mol. The Morgan fingerprint density at radius 1 is 1.14 bits per heavy atom. The largest absolute Gasteiger partial charge is 0.264 e. The van der Waals surface area contributed by atoms with Crippen molar-refractivity contribution < 1.29 is 0 Å². The van der Waals surface area contributed by atoms with Crippen LogP contribution in [0.3, 0.4) is 0 Å². The quantitative estimate of drug-likeness (QED) is 0.608. The Kier molecular flexibility index (Phi) is 4.11. The number of nitrogens with zero attached hydrogens (tertiary/aromatic N) is 1. The van der Waals surface area contributed by atoms with Crippen molar-refractivity contribution >= 4 is 10.8 Å². The predicted molar refractivity (Wildman–Crippen MR) is 62.4 cm³/mol. The first-order chi connectivity index (χ1) is 6.79. The highest BCUT2D eigenvalue weighted by Gasteiger charge is 1.92. The molecule has 0 saturated carbocycles. The number of benzene rings is 1. The molecule has 1 heteroatoms. The van der Waals surface area contributed by atoms with Crippen molar-refractivity contribution in [3.8, 4) is 0 Å². The highest BCUT2D eigenvalue weighted by molar-refractivity contribution is 5.84. The summed E-state index contributed by atoms with van der Waals surface area (Å²) in [6.07, 6.45) is 4.97. The topological polar surface area (TPSA) is 12.9 Å². The Hall–Kier alpha value is -1.37. The van der Waals surface area contributed by atoms with Gasteiger partial charge in [-0.15, -0.1) is 0 Å². The van der Waals surface area contributed by atoms with Crippen molar-refractivity contribution in [2.75, 3.05) is 0 Å². The van der Waals surface area contributed by atoms with Gasteiger partial charge in [-0.1, -0.05) is 38.5 Å². The van der Waals surface area contributed by atoms with Crippen LogP contribution < -0.4 is 0 Å². The number of aromatic nitrogens is 1. The lowest BCUT2D eigenvalue weighted by Gasteiger charge is -1.98. The highest BCUT2D eigenvalue weighted by Crippen LogP contribution is 2.15. The smallest absolute Gasteiger partial charge is 0.0346 e. The first-order valence-electron chi connectivity index (χ1n) is 5.09. The van der Waals surface area contributed by atoms with E-state index in [1.807, 2.05) is 18.5 Å². The van der Waals surface area contributed by atoms with Crippen LogP contribution >= 0.6 is 0 Å². The zero-order valence-electron chi connectivity index (χ0n) is 9.12. The van der Waals surface area contributed by atoms with E-state index in [9.17, 15) is 0 Å². The lowest BCUT2D eigenvalue weighted by molar-refractivity contribution is 1.09. The van der Waals surface area contributed by atoms with E-state index in [-0.39, 0.29) is 0 Å². The fourth-order valence-electron chi connectivity index (χ4n) is 1.28. The number of fused-ring (bicyclic) bond motifs is 1. The molecule has 1 aromatic carbocycles. The molecule has 0 amide bonds. The Morgan fingerprint density at radius 2 is 1.86 bits per heavy atom. The Balaban J connectivity index is 0.000000293. The molecule has 0 fully saturated rings. The van der Waals surface area contributed by atoms with Crippen LogP contribution in [-0.4, -0.2) is 4.98 Å². The van der Waals surface area contributed by atoms with Crippen molar-refractivity contribution in [2.45, 2.75) is 27.2 Å². The molecule has 14 heavy (non-hydrogen) atoms. The molecule has 0 bridgehead atoms. The predicted octanol–water partition coefficient (Wildman–Crippen LogP) is 3.96. The third-order valence-electron chi connectivity index (χ3n) is 1.90. The fraction of sp³-hybridized carbons (Fsp3) is 0.308. The molecule has 74 valence electrons. The molecule has 0 unspecified atom stereocenters. The number of hydrogen-bond acceptors (Lipinski definition) is 1. The minimum atomic E-state index is 1.22. The first kappa shape index (κ1) is 10.7. The number of aryl methyl sites for hydroxylation is 1. The van der Waals surface area contributed by atoms with E-state index in [1.165, 1.54) is 22.8 Å².